The van der Waals surface area contributed by atoms with Crippen molar-refractivity contribution in [1.82, 2.24) is 0 Å². The Balaban J connectivity index is 2.70. The lowest BCUT2D eigenvalue weighted by atomic mass is 9.95. The van der Waals surface area contributed by atoms with Crippen LogP contribution in [0.15, 0.2) is 36.4 Å². The van der Waals surface area contributed by atoms with E-state index >= 15 is 0 Å². The van der Waals surface area contributed by atoms with E-state index in [9.17, 15) is 0 Å². The van der Waals surface area contributed by atoms with Crippen LogP contribution in [0.3, 0.4) is 0 Å². The smallest absolute Gasteiger partial charge is 0.0670 e. The fourth-order valence-electron chi connectivity index (χ4n) is 1.92. The predicted octanol–water partition coefficient (Wildman–Crippen LogP) is 2.97. The quantitative estimate of drug-likeness (QED) is 0.758. The highest BCUT2D eigenvalue weighted by Gasteiger charge is 2.06. The highest BCUT2D eigenvalue weighted by atomic mass is 14.3. The summed E-state index contributed by atoms with van der Waals surface area (Å²) < 4.78 is 0. The van der Waals surface area contributed by atoms with Crippen molar-refractivity contribution >= 4 is 10.8 Å². The molecular formula is C14H10N2. The van der Waals surface area contributed by atoms with Gasteiger partial charge in [0, 0.05) is 0 Å². The number of benzene rings is 2. The Bertz CT molecular complexity index is 600. The first-order valence-corrected chi connectivity index (χ1v) is 5.10. The van der Waals surface area contributed by atoms with E-state index in [0.29, 0.717) is 12.8 Å². The van der Waals surface area contributed by atoms with Gasteiger partial charge in [0.05, 0.1) is 25.0 Å². The highest BCUT2D eigenvalue weighted by molar-refractivity contribution is 5.87. The molecule has 16 heavy (non-hydrogen) atoms. The largest absolute Gasteiger partial charge is 0.198 e. The van der Waals surface area contributed by atoms with Crippen LogP contribution in [-0.4, -0.2) is 0 Å². The minimum Gasteiger partial charge on any atom is -0.198 e. The predicted molar refractivity (Wildman–Crippen MR) is 62.6 cm³/mol. The van der Waals surface area contributed by atoms with Crippen LogP contribution in [0.25, 0.3) is 10.8 Å². The van der Waals surface area contributed by atoms with Gasteiger partial charge in [-0.05, 0) is 21.9 Å². The Hall–Kier alpha value is -2.32. The molecule has 2 aromatic rings. The Morgan fingerprint density at radius 3 is 2.38 bits per heavy atom. The van der Waals surface area contributed by atoms with Gasteiger partial charge in [-0.1, -0.05) is 36.4 Å². The maximum absolute atomic E-state index is 8.84. The molecule has 2 aromatic carbocycles. The maximum Gasteiger partial charge on any atom is 0.0670 e. The lowest BCUT2D eigenvalue weighted by Gasteiger charge is -2.07. The van der Waals surface area contributed by atoms with E-state index in [1.807, 2.05) is 36.4 Å². The first-order valence-electron chi connectivity index (χ1n) is 5.10. The summed E-state index contributed by atoms with van der Waals surface area (Å²) in [6.07, 6.45) is 0.722. The number of nitrogens with zero attached hydrogens (tertiary/aromatic N) is 2. The van der Waals surface area contributed by atoms with E-state index in [-0.39, 0.29) is 0 Å². The van der Waals surface area contributed by atoms with E-state index in [1.54, 1.807) is 0 Å². The van der Waals surface area contributed by atoms with Crippen LogP contribution in [0.2, 0.25) is 0 Å². The molecule has 2 nitrogen and oxygen atoms in total. The van der Waals surface area contributed by atoms with Gasteiger partial charge in [0.25, 0.3) is 0 Å². The normalized spacial score (nSPS) is 9.62. The molecule has 0 aliphatic carbocycles. The minimum absolute atomic E-state index is 0.359. The lowest BCUT2D eigenvalue weighted by molar-refractivity contribution is 1.17. The SMILES string of the molecule is N#CCc1ccc2ccccc2c1CC#N. The Kier molecular flexibility index (Phi) is 2.85. The Labute approximate surface area is 94.4 Å². The molecule has 0 N–H and O–H groups in total. The second kappa shape index (κ2) is 4.47. The maximum atomic E-state index is 8.84. The summed E-state index contributed by atoms with van der Waals surface area (Å²) in [7, 11) is 0. The van der Waals surface area contributed by atoms with Gasteiger partial charge >= 0.3 is 0 Å². The van der Waals surface area contributed by atoms with Crippen molar-refractivity contribution in [1.29, 1.82) is 10.5 Å². The van der Waals surface area contributed by atoms with Crippen molar-refractivity contribution in [2.24, 2.45) is 0 Å². The van der Waals surface area contributed by atoms with Gasteiger partial charge in [-0.25, -0.2) is 0 Å². The summed E-state index contributed by atoms with van der Waals surface area (Å²) in [5.74, 6) is 0. The molecule has 0 unspecified atom stereocenters. The third kappa shape index (κ3) is 1.74. The number of hydrogen-bond acceptors (Lipinski definition) is 2. The molecule has 0 spiro atoms. The van der Waals surface area contributed by atoms with Gasteiger partial charge in [-0.2, -0.15) is 10.5 Å². The average Bonchev–Trinajstić information content (AvgIpc) is 2.32. The molecule has 0 atom stereocenters. The molecule has 0 aliphatic heterocycles. The number of nitriles is 2. The zero-order chi connectivity index (χ0) is 11.4. The van der Waals surface area contributed by atoms with Crippen molar-refractivity contribution in [3.05, 3.63) is 47.5 Å². The van der Waals surface area contributed by atoms with Crippen molar-refractivity contribution in [2.45, 2.75) is 12.8 Å². The third-order valence-corrected chi connectivity index (χ3v) is 2.66. The standard InChI is InChI=1S/C14H10N2/c15-9-7-12-6-5-11-3-1-2-4-13(11)14(12)8-10-16/h1-6H,7-8H2. The molecule has 0 saturated heterocycles. The summed E-state index contributed by atoms with van der Waals surface area (Å²) in [6, 6.07) is 16.2. The van der Waals surface area contributed by atoms with Crippen LogP contribution in [0, 0.1) is 22.7 Å². The van der Waals surface area contributed by atoms with Crippen molar-refractivity contribution in [2.75, 3.05) is 0 Å². The van der Waals surface area contributed by atoms with E-state index in [4.69, 9.17) is 10.5 Å². The first-order chi connectivity index (χ1) is 7.86. The molecule has 76 valence electrons. The summed E-state index contributed by atoms with van der Waals surface area (Å²) in [6.45, 7) is 0. The lowest BCUT2D eigenvalue weighted by Crippen LogP contribution is -1.94. The molecule has 0 amide bonds. The summed E-state index contributed by atoms with van der Waals surface area (Å²) >= 11 is 0. The average molecular weight is 206 g/mol. The molecule has 2 rings (SSSR count). The van der Waals surface area contributed by atoms with Gasteiger partial charge < -0.3 is 0 Å². The molecule has 0 saturated carbocycles. The molecule has 2 heteroatoms. The van der Waals surface area contributed by atoms with Crippen molar-refractivity contribution < 1.29 is 0 Å². The summed E-state index contributed by atoms with van der Waals surface area (Å²) in [4.78, 5) is 0. The Morgan fingerprint density at radius 1 is 0.875 bits per heavy atom. The second-order valence-corrected chi connectivity index (χ2v) is 3.59. The third-order valence-electron chi connectivity index (χ3n) is 2.66. The van der Waals surface area contributed by atoms with Gasteiger partial charge in [0.15, 0.2) is 0 Å². The van der Waals surface area contributed by atoms with E-state index in [2.05, 4.69) is 12.1 Å². The zero-order valence-corrected chi connectivity index (χ0v) is 8.77. The molecular weight excluding hydrogens is 196 g/mol. The van der Waals surface area contributed by atoms with Crippen LogP contribution in [0.1, 0.15) is 11.1 Å². The number of rotatable bonds is 2. The summed E-state index contributed by atoms with van der Waals surface area (Å²) in [5, 5.41) is 19.8. The molecule has 0 aliphatic rings. The molecule has 0 heterocycles. The van der Waals surface area contributed by atoms with Crippen LogP contribution in [0.5, 0.6) is 0 Å². The monoisotopic (exact) mass is 206 g/mol. The molecule has 0 aromatic heterocycles. The van der Waals surface area contributed by atoms with Crippen molar-refractivity contribution in [3.63, 3.8) is 0 Å². The van der Waals surface area contributed by atoms with Gasteiger partial charge in [-0.15, -0.1) is 0 Å². The van der Waals surface area contributed by atoms with Gasteiger partial charge in [0.1, 0.15) is 0 Å². The van der Waals surface area contributed by atoms with Gasteiger partial charge in [-0.3, -0.25) is 0 Å². The molecule has 0 radical (unpaired) electrons. The van der Waals surface area contributed by atoms with Crippen LogP contribution >= 0.6 is 0 Å². The zero-order valence-electron chi connectivity index (χ0n) is 8.77. The molecule has 0 fully saturated rings. The number of fused-ring (bicyclic) bond motifs is 1. The second-order valence-electron chi connectivity index (χ2n) is 3.59. The fraction of sp³-hybridized carbons (Fsp3) is 0.143. The van der Waals surface area contributed by atoms with Crippen LogP contribution < -0.4 is 0 Å². The minimum atomic E-state index is 0.359. The van der Waals surface area contributed by atoms with E-state index in [1.165, 1.54) is 0 Å². The van der Waals surface area contributed by atoms with E-state index in [0.717, 1.165) is 21.9 Å². The first kappa shape index (κ1) is 10.2. The fourth-order valence-corrected chi connectivity index (χ4v) is 1.92. The molecule has 0 bridgehead atoms. The number of hydrogen-bond donors (Lipinski definition) is 0. The highest BCUT2D eigenvalue weighted by Crippen LogP contribution is 2.23. The van der Waals surface area contributed by atoms with Crippen LogP contribution in [-0.2, 0) is 12.8 Å². The topological polar surface area (TPSA) is 47.6 Å². The summed E-state index contributed by atoms with van der Waals surface area (Å²) in [5.41, 5.74) is 1.95. The Morgan fingerprint density at radius 2 is 1.62 bits per heavy atom. The van der Waals surface area contributed by atoms with Crippen molar-refractivity contribution in [3.8, 4) is 12.1 Å². The van der Waals surface area contributed by atoms with E-state index < -0.39 is 0 Å². The van der Waals surface area contributed by atoms with Gasteiger partial charge in [0.2, 0.25) is 0 Å². The van der Waals surface area contributed by atoms with Crippen LogP contribution in [0.4, 0.5) is 0 Å².